The molecular formula is C11H20N2O4. The van der Waals surface area contributed by atoms with Gasteiger partial charge in [-0.05, 0) is 6.42 Å². The molecule has 1 amide bonds. The van der Waals surface area contributed by atoms with Crippen LogP contribution in [0.3, 0.4) is 0 Å². The fourth-order valence-electron chi connectivity index (χ4n) is 1.95. The number of methoxy groups -OCH3 is 1. The molecule has 0 aromatic rings. The molecule has 2 unspecified atom stereocenters. The van der Waals surface area contributed by atoms with E-state index in [-0.39, 0.29) is 25.0 Å². The third kappa shape index (κ3) is 4.32. The summed E-state index contributed by atoms with van der Waals surface area (Å²) >= 11 is 0. The summed E-state index contributed by atoms with van der Waals surface area (Å²) in [7, 11) is 1.29. The molecule has 6 nitrogen and oxygen atoms in total. The van der Waals surface area contributed by atoms with E-state index in [1.165, 1.54) is 7.11 Å². The molecule has 0 aliphatic carbocycles. The minimum atomic E-state index is -0.797. The van der Waals surface area contributed by atoms with Crippen LogP contribution in [0.5, 0.6) is 0 Å². The first-order valence-electron chi connectivity index (χ1n) is 5.85. The van der Waals surface area contributed by atoms with Crippen LogP contribution in [0, 0.1) is 0 Å². The van der Waals surface area contributed by atoms with E-state index in [9.17, 15) is 14.7 Å². The second-order valence-corrected chi connectivity index (χ2v) is 4.24. The Hall–Kier alpha value is -1.14. The van der Waals surface area contributed by atoms with Crippen molar-refractivity contribution in [3.63, 3.8) is 0 Å². The van der Waals surface area contributed by atoms with Crippen LogP contribution < -0.4 is 5.32 Å². The minimum Gasteiger partial charge on any atom is -0.469 e. The van der Waals surface area contributed by atoms with Crippen molar-refractivity contribution in [1.29, 1.82) is 0 Å². The Morgan fingerprint density at radius 1 is 1.71 bits per heavy atom. The lowest BCUT2D eigenvalue weighted by Crippen LogP contribution is -2.40. The van der Waals surface area contributed by atoms with E-state index in [1.54, 1.807) is 0 Å². The van der Waals surface area contributed by atoms with Crippen molar-refractivity contribution in [2.24, 2.45) is 0 Å². The molecule has 0 saturated carbocycles. The number of hydrogen-bond donors (Lipinski definition) is 2. The maximum Gasteiger partial charge on any atom is 0.308 e. The molecular weight excluding hydrogens is 224 g/mol. The molecule has 1 heterocycles. The summed E-state index contributed by atoms with van der Waals surface area (Å²) < 4.78 is 4.48. The van der Waals surface area contributed by atoms with E-state index in [0.717, 1.165) is 12.8 Å². The van der Waals surface area contributed by atoms with Crippen LogP contribution in [0.15, 0.2) is 0 Å². The Balaban J connectivity index is 2.43. The van der Waals surface area contributed by atoms with Gasteiger partial charge in [0.25, 0.3) is 0 Å². The van der Waals surface area contributed by atoms with Crippen molar-refractivity contribution in [3.05, 3.63) is 0 Å². The number of amides is 1. The van der Waals surface area contributed by atoms with Gasteiger partial charge in [-0.3, -0.25) is 14.5 Å². The molecule has 0 aromatic heterocycles. The lowest BCUT2D eigenvalue weighted by atomic mass is 10.2. The Kier molecular flexibility index (Phi) is 5.37. The summed E-state index contributed by atoms with van der Waals surface area (Å²) in [6.07, 6.45) is 0.931. The standard InChI is InChI=1S/C11H20N2O4/c1-3-4-9-12-10(15)7-13(9)6-8(14)5-11(16)17-2/h8-9,14H,3-7H2,1-2H3,(H,12,15). The highest BCUT2D eigenvalue weighted by Crippen LogP contribution is 2.11. The summed E-state index contributed by atoms with van der Waals surface area (Å²) in [6.45, 7) is 2.62. The van der Waals surface area contributed by atoms with Crippen LogP contribution in [-0.4, -0.2) is 54.4 Å². The number of nitrogens with one attached hydrogen (secondary N) is 1. The smallest absolute Gasteiger partial charge is 0.308 e. The van der Waals surface area contributed by atoms with Crippen molar-refractivity contribution in [1.82, 2.24) is 10.2 Å². The summed E-state index contributed by atoms with van der Waals surface area (Å²) in [5.74, 6) is -0.475. The number of aliphatic hydroxyl groups excluding tert-OH is 1. The highest BCUT2D eigenvalue weighted by Gasteiger charge is 2.30. The van der Waals surface area contributed by atoms with Crippen molar-refractivity contribution in [2.45, 2.75) is 38.5 Å². The predicted octanol–water partition coefficient (Wildman–Crippen LogP) is -0.532. The SMILES string of the molecule is CCCC1NC(=O)CN1CC(O)CC(=O)OC. The van der Waals surface area contributed by atoms with Gasteiger partial charge in [-0.1, -0.05) is 13.3 Å². The molecule has 0 aromatic carbocycles. The Labute approximate surface area is 101 Å². The molecule has 0 spiro atoms. The lowest BCUT2D eigenvalue weighted by Gasteiger charge is -2.24. The molecule has 6 heteroatoms. The second kappa shape index (κ2) is 6.56. The summed E-state index contributed by atoms with van der Waals surface area (Å²) in [5, 5.41) is 12.5. The van der Waals surface area contributed by atoms with Gasteiger partial charge in [-0.2, -0.15) is 0 Å². The van der Waals surface area contributed by atoms with Crippen molar-refractivity contribution in [3.8, 4) is 0 Å². The number of hydrogen-bond acceptors (Lipinski definition) is 5. The van der Waals surface area contributed by atoms with E-state index < -0.39 is 12.1 Å². The molecule has 1 saturated heterocycles. The maximum absolute atomic E-state index is 11.3. The third-order valence-corrected chi connectivity index (χ3v) is 2.75. The highest BCUT2D eigenvalue weighted by atomic mass is 16.5. The second-order valence-electron chi connectivity index (χ2n) is 4.24. The number of β-amino-alcohol motifs (C(OH)–C–C–N with tert-alkyl or cyclic N) is 1. The molecule has 1 fully saturated rings. The van der Waals surface area contributed by atoms with Crippen LogP contribution >= 0.6 is 0 Å². The number of nitrogens with zero attached hydrogens (tertiary/aromatic N) is 1. The normalized spacial score (nSPS) is 22.3. The van der Waals surface area contributed by atoms with Gasteiger partial charge in [0.15, 0.2) is 0 Å². The van der Waals surface area contributed by atoms with Gasteiger partial charge in [0.2, 0.25) is 5.91 Å². The molecule has 98 valence electrons. The van der Waals surface area contributed by atoms with Crippen LogP contribution in [0.1, 0.15) is 26.2 Å². The highest BCUT2D eigenvalue weighted by molar-refractivity contribution is 5.80. The fourth-order valence-corrected chi connectivity index (χ4v) is 1.95. The monoisotopic (exact) mass is 244 g/mol. The molecule has 1 rings (SSSR count). The first kappa shape index (κ1) is 13.9. The number of carbonyl (C=O) groups is 2. The van der Waals surface area contributed by atoms with Crippen molar-refractivity contribution < 1.29 is 19.4 Å². The zero-order valence-electron chi connectivity index (χ0n) is 10.3. The number of rotatable bonds is 6. The summed E-state index contributed by atoms with van der Waals surface area (Å²) in [4.78, 5) is 24.1. The number of esters is 1. The Bertz CT molecular complexity index is 283. The van der Waals surface area contributed by atoms with Crippen LogP contribution in [0.4, 0.5) is 0 Å². The molecule has 2 N–H and O–H groups in total. The third-order valence-electron chi connectivity index (χ3n) is 2.75. The molecule has 0 bridgehead atoms. The van der Waals surface area contributed by atoms with E-state index in [2.05, 4.69) is 10.1 Å². The fraction of sp³-hybridized carbons (Fsp3) is 0.818. The number of aliphatic hydroxyl groups is 1. The molecule has 17 heavy (non-hydrogen) atoms. The first-order chi connectivity index (χ1) is 8.06. The van der Waals surface area contributed by atoms with Gasteiger partial charge in [-0.15, -0.1) is 0 Å². The van der Waals surface area contributed by atoms with Gasteiger partial charge in [-0.25, -0.2) is 0 Å². The first-order valence-corrected chi connectivity index (χ1v) is 5.85. The van der Waals surface area contributed by atoms with Gasteiger partial charge in [0, 0.05) is 6.54 Å². The van der Waals surface area contributed by atoms with Gasteiger partial charge in [0.05, 0.1) is 32.3 Å². The number of carbonyl (C=O) groups excluding carboxylic acids is 2. The lowest BCUT2D eigenvalue weighted by molar-refractivity contribution is -0.143. The molecule has 1 aliphatic rings. The van der Waals surface area contributed by atoms with Crippen LogP contribution in [-0.2, 0) is 14.3 Å². The predicted molar refractivity (Wildman–Crippen MR) is 61.1 cm³/mol. The topological polar surface area (TPSA) is 78.9 Å². The van der Waals surface area contributed by atoms with Crippen LogP contribution in [0.25, 0.3) is 0 Å². The average molecular weight is 244 g/mol. The van der Waals surface area contributed by atoms with E-state index in [1.807, 2.05) is 11.8 Å². The zero-order valence-corrected chi connectivity index (χ0v) is 10.3. The summed E-state index contributed by atoms with van der Waals surface area (Å²) in [5.41, 5.74) is 0. The largest absolute Gasteiger partial charge is 0.469 e. The van der Waals surface area contributed by atoms with Crippen LogP contribution in [0.2, 0.25) is 0 Å². The molecule has 0 radical (unpaired) electrons. The number of ether oxygens (including phenoxy) is 1. The zero-order chi connectivity index (χ0) is 12.8. The van der Waals surface area contributed by atoms with E-state index in [4.69, 9.17) is 0 Å². The van der Waals surface area contributed by atoms with Crippen molar-refractivity contribution in [2.75, 3.05) is 20.2 Å². The molecule has 2 atom stereocenters. The van der Waals surface area contributed by atoms with Gasteiger partial charge in [0.1, 0.15) is 0 Å². The quantitative estimate of drug-likeness (QED) is 0.614. The van der Waals surface area contributed by atoms with Crippen molar-refractivity contribution >= 4 is 11.9 Å². The maximum atomic E-state index is 11.3. The van der Waals surface area contributed by atoms with E-state index >= 15 is 0 Å². The van der Waals surface area contributed by atoms with E-state index in [0.29, 0.717) is 6.54 Å². The van der Waals surface area contributed by atoms with Gasteiger partial charge >= 0.3 is 5.97 Å². The summed E-state index contributed by atoms with van der Waals surface area (Å²) in [6, 6.07) is 0. The molecule has 1 aliphatic heterocycles. The van der Waals surface area contributed by atoms with Gasteiger partial charge < -0.3 is 15.2 Å². The average Bonchev–Trinajstić information content (AvgIpc) is 2.59. The Morgan fingerprint density at radius 3 is 3.00 bits per heavy atom. The Morgan fingerprint density at radius 2 is 2.41 bits per heavy atom. The minimum absolute atomic E-state index is 0.0280.